The molecule has 1 amide bonds. The summed E-state index contributed by atoms with van der Waals surface area (Å²) in [6, 6.07) is 10.9. The Balaban J connectivity index is 2.19. The van der Waals surface area contributed by atoms with Crippen LogP contribution in [0.4, 0.5) is 8.78 Å². The van der Waals surface area contributed by atoms with Crippen molar-refractivity contribution in [2.75, 3.05) is 7.05 Å². The highest BCUT2D eigenvalue weighted by atomic mass is 32.2. The van der Waals surface area contributed by atoms with Gasteiger partial charge in [0.05, 0.1) is 10.9 Å². The van der Waals surface area contributed by atoms with Crippen LogP contribution in [0.25, 0.3) is 0 Å². The molecule has 6 nitrogen and oxygen atoms in total. The molecule has 0 bridgehead atoms. The maximum atomic E-state index is 12.6. The molecule has 1 atom stereocenters. The molecule has 26 heavy (non-hydrogen) atoms. The second kappa shape index (κ2) is 7.79. The van der Waals surface area contributed by atoms with Crippen LogP contribution in [-0.2, 0) is 10.0 Å². The summed E-state index contributed by atoms with van der Waals surface area (Å²) in [5.74, 6) is -0.407. The molecule has 2 aromatic carbocycles. The Labute approximate surface area is 150 Å². The van der Waals surface area contributed by atoms with Gasteiger partial charge in [-0.05, 0) is 48.9 Å². The van der Waals surface area contributed by atoms with E-state index in [1.54, 1.807) is 26.1 Å². The molecule has 0 spiro atoms. The summed E-state index contributed by atoms with van der Waals surface area (Å²) in [5.41, 5.74) is 0.869. The average molecular weight is 384 g/mol. The standard InChI is InChI=1S/C17H18F2N2O4S/c1-11(13-4-3-5-15(10-13)26(20,23)24)21(2)16(22)12-6-8-14(9-7-12)25-17(18)19/h3-11,17H,1-2H3,(H2,20,23,24). The number of sulfonamides is 1. The van der Waals surface area contributed by atoms with Crippen molar-refractivity contribution in [2.45, 2.75) is 24.5 Å². The minimum absolute atomic E-state index is 0.0452. The van der Waals surface area contributed by atoms with Crippen molar-refractivity contribution in [1.29, 1.82) is 0 Å². The largest absolute Gasteiger partial charge is 0.435 e. The lowest BCUT2D eigenvalue weighted by atomic mass is 10.1. The molecule has 0 aliphatic rings. The molecule has 0 aromatic heterocycles. The number of carbonyl (C=O) groups excluding carboxylic acids is 1. The zero-order chi connectivity index (χ0) is 19.5. The Morgan fingerprint density at radius 3 is 2.31 bits per heavy atom. The molecule has 0 aliphatic carbocycles. The van der Waals surface area contributed by atoms with E-state index in [1.807, 2.05) is 0 Å². The summed E-state index contributed by atoms with van der Waals surface area (Å²) >= 11 is 0. The fourth-order valence-corrected chi connectivity index (χ4v) is 2.90. The smallest absolute Gasteiger partial charge is 0.387 e. The van der Waals surface area contributed by atoms with Gasteiger partial charge in [0.25, 0.3) is 5.91 Å². The number of benzene rings is 2. The van der Waals surface area contributed by atoms with Crippen molar-refractivity contribution in [3.05, 3.63) is 59.7 Å². The molecule has 0 radical (unpaired) electrons. The molecule has 0 fully saturated rings. The Hall–Kier alpha value is -2.52. The highest BCUT2D eigenvalue weighted by molar-refractivity contribution is 7.89. The molecule has 0 heterocycles. The van der Waals surface area contributed by atoms with Gasteiger partial charge in [-0.15, -0.1) is 0 Å². The number of rotatable bonds is 6. The van der Waals surface area contributed by atoms with Gasteiger partial charge >= 0.3 is 6.61 Å². The van der Waals surface area contributed by atoms with Gasteiger partial charge in [0, 0.05) is 12.6 Å². The SMILES string of the molecule is CC(c1cccc(S(N)(=O)=O)c1)N(C)C(=O)c1ccc(OC(F)F)cc1. The van der Waals surface area contributed by atoms with Crippen molar-refractivity contribution in [1.82, 2.24) is 4.90 Å². The monoisotopic (exact) mass is 384 g/mol. The van der Waals surface area contributed by atoms with Gasteiger partial charge in [0.2, 0.25) is 10.0 Å². The first-order valence-electron chi connectivity index (χ1n) is 7.54. The van der Waals surface area contributed by atoms with Crippen LogP contribution >= 0.6 is 0 Å². The lowest BCUT2D eigenvalue weighted by Crippen LogP contribution is -2.29. The van der Waals surface area contributed by atoms with Gasteiger partial charge < -0.3 is 9.64 Å². The Morgan fingerprint density at radius 1 is 1.15 bits per heavy atom. The molecule has 0 saturated carbocycles. The molecule has 2 rings (SSSR count). The van der Waals surface area contributed by atoms with E-state index < -0.39 is 22.7 Å². The number of hydrogen-bond donors (Lipinski definition) is 1. The summed E-state index contributed by atoms with van der Waals surface area (Å²) in [5, 5.41) is 5.13. The van der Waals surface area contributed by atoms with Crippen molar-refractivity contribution in [3.8, 4) is 5.75 Å². The molecule has 2 N–H and O–H groups in total. The van der Waals surface area contributed by atoms with Crippen LogP contribution in [0.3, 0.4) is 0 Å². The van der Waals surface area contributed by atoms with E-state index in [0.29, 0.717) is 5.56 Å². The number of nitrogens with zero attached hydrogens (tertiary/aromatic N) is 1. The molecule has 0 aliphatic heterocycles. The van der Waals surface area contributed by atoms with E-state index in [4.69, 9.17) is 5.14 Å². The van der Waals surface area contributed by atoms with Gasteiger partial charge in [0.1, 0.15) is 5.75 Å². The first kappa shape index (κ1) is 19.8. The number of alkyl halides is 2. The van der Waals surface area contributed by atoms with E-state index in [1.165, 1.54) is 41.3 Å². The topological polar surface area (TPSA) is 89.7 Å². The van der Waals surface area contributed by atoms with E-state index in [2.05, 4.69) is 4.74 Å². The zero-order valence-electron chi connectivity index (χ0n) is 14.1. The third-order valence-corrected chi connectivity index (χ3v) is 4.81. The second-order valence-corrected chi connectivity index (χ2v) is 7.17. The van der Waals surface area contributed by atoms with Gasteiger partial charge in [0.15, 0.2) is 0 Å². The lowest BCUT2D eigenvalue weighted by Gasteiger charge is -2.26. The first-order chi connectivity index (χ1) is 12.1. The van der Waals surface area contributed by atoms with Crippen molar-refractivity contribution < 1.29 is 26.7 Å². The summed E-state index contributed by atoms with van der Waals surface area (Å²) in [4.78, 5) is 13.9. The van der Waals surface area contributed by atoms with Crippen molar-refractivity contribution >= 4 is 15.9 Å². The van der Waals surface area contributed by atoms with Crippen LogP contribution in [-0.4, -0.2) is 32.9 Å². The molecule has 9 heteroatoms. The number of halogens is 2. The molecule has 1 unspecified atom stereocenters. The molecule has 140 valence electrons. The van der Waals surface area contributed by atoms with Crippen molar-refractivity contribution in [2.24, 2.45) is 5.14 Å². The number of carbonyl (C=O) groups is 1. The van der Waals surface area contributed by atoms with E-state index in [9.17, 15) is 22.0 Å². The third-order valence-electron chi connectivity index (χ3n) is 3.90. The highest BCUT2D eigenvalue weighted by Gasteiger charge is 2.20. The van der Waals surface area contributed by atoms with Crippen LogP contribution in [0.1, 0.15) is 28.9 Å². The maximum absolute atomic E-state index is 12.6. The van der Waals surface area contributed by atoms with Gasteiger partial charge in [-0.25, -0.2) is 13.6 Å². The van der Waals surface area contributed by atoms with Crippen LogP contribution in [0.2, 0.25) is 0 Å². The Morgan fingerprint density at radius 2 is 1.77 bits per heavy atom. The fourth-order valence-electron chi connectivity index (χ4n) is 2.33. The van der Waals surface area contributed by atoms with E-state index in [-0.39, 0.29) is 22.1 Å². The predicted octanol–water partition coefficient (Wildman–Crippen LogP) is 2.77. The Kier molecular flexibility index (Phi) is 5.94. The van der Waals surface area contributed by atoms with E-state index in [0.717, 1.165) is 0 Å². The van der Waals surface area contributed by atoms with Crippen LogP contribution in [0, 0.1) is 0 Å². The fraction of sp³-hybridized carbons (Fsp3) is 0.235. The Bertz CT molecular complexity index is 886. The predicted molar refractivity (Wildman–Crippen MR) is 91.4 cm³/mol. The number of primary sulfonamides is 1. The maximum Gasteiger partial charge on any atom is 0.387 e. The summed E-state index contributed by atoms with van der Waals surface area (Å²) in [7, 11) is -2.29. The number of ether oxygens (including phenoxy) is 1. The average Bonchev–Trinajstić information content (AvgIpc) is 2.59. The second-order valence-electron chi connectivity index (χ2n) is 5.61. The van der Waals surface area contributed by atoms with Crippen LogP contribution in [0.5, 0.6) is 5.75 Å². The number of nitrogens with two attached hydrogens (primary N) is 1. The van der Waals surface area contributed by atoms with Gasteiger partial charge in [-0.2, -0.15) is 8.78 Å². The quantitative estimate of drug-likeness (QED) is 0.829. The zero-order valence-corrected chi connectivity index (χ0v) is 14.9. The summed E-state index contributed by atoms with van der Waals surface area (Å²) < 4.78 is 51.5. The number of amides is 1. The summed E-state index contributed by atoms with van der Waals surface area (Å²) in [6.45, 7) is -1.21. The molecular weight excluding hydrogens is 366 g/mol. The van der Waals surface area contributed by atoms with E-state index >= 15 is 0 Å². The molecule has 2 aromatic rings. The minimum Gasteiger partial charge on any atom is -0.435 e. The molecule has 0 saturated heterocycles. The third kappa shape index (κ3) is 4.77. The van der Waals surface area contributed by atoms with Gasteiger partial charge in [-0.3, -0.25) is 4.79 Å². The highest BCUT2D eigenvalue weighted by Crippen LogP contribution is 2.24. The first-order valence-corrected chi connectivity index (χ1v) is 9.09. The van der Waals surface area contributed by atoms with Gasteiger partial charge in [-0.1, -0.05) is 12.1 Å². The normalized spacial score (nSPS) is 12.7. The number of hydrogen-bond acceptors (Lipinski definition) is 4. The van der Waals surface area contributed by atoms with Crippen LogP contribution < -0.4 is 9.88 Å². The summed E-state index contributed by atoms with van der Waals surface area (Å²) in [6.07, 6.45) is 0. The lowest BCUT2D eigenvalue weighted by molar-refractivity contribution is -0.0498. The van der Waals surface area contributed by atoms with Crippen molar-refractivity contribution in [3.63, 3.8) is 0 Å². The molecular formula is C17H18F2N2O4S. The minimum atomic E-state index is -3.85. The van der Waals surface area contributed by atoms with Crippen LogP contribution in [0.15, 0.2) is 53.4 Å².